The molecule has 1 amide bonds. The van der Waals surface area contributed by atoms with Gasteiger partial charge in [0.05, 0.1) is 11.6 Å². The minimum atomic E-state index is -0.603. The molecule has 0 bridgehead atoms. The van der Waals surface area contributed by atoms with Gasteiger partial charge in [-0.05, 0) is 26.7 Å². The molecule has 2 unspecified atom stereocenters. The summed E-state index contributed by atoms with van der Waals surface area (Å²) in [4.78, 5) is 11.6. The van der Waals surface area contributed by atoms with Gasteiger partial charge in [0.15, 0.2) is 0 Å². The molecule has 0 fully saturated rings. The Morgan fingerprint density at radius 3 is 2.20 bits per heavy atom. The summed E-state index contributed by atoms with van der Waals surface area (Å²) in [6.07, 6.45) is -0.287. The largest absolute Gasteiger partial charge is 0.391 e. The summed E-state index contributed by atoms with van der Waals surface area (Å²) >= 11 is 0. The number of nitrogens with two attached hydrogens (primary N) is 1. The molecule has 90 valence electrons. The molecular weight excluding hydrogens is 192 g/mol. The zero-order valence-electron chi connectivity index (χ0n) is 10.4. The predicted molar refractivity (Wildman–Crippen MR) is 61.3 cm³/mol. The molecule has 4 nitrogen and oxygen atoms in total. The maximum atomic E-state index is 11.6. The first-order valence-electron chi connectivity index (χ1n) is 5.41. The monoisotopic (exact) mass is 216 g/mol. The van der Waals surface area contributed by atoms with Crippen molar-refractivity contribution in [1.82, 2.24) is 5.32 Å². The van der Waals surface area contributed by atoms with E-state index in [9.17, 15) is 9.90 Å². The molecular formula is C11H24N2O2. The van der Waals surface area contributed by atoms with Crippen molar-refractivity contribution in [2.24, 2.45) is 11.7 Å². The summed E-state index contributed by atoms with van der Waals surface area (Å²) in [7, 11) is 0. The van der Waals surface area contributed by atoms with Gasteiger partial charge in [-0.25, -0.2) is 0 Å². The zero-order chi connectivity index (χ0) is 12.2. The highest BCUT2D eigenvalue weighted by Gasteiger charge is 2.26. The Morgan fingerprint density at radius 2 is 1.87 bits per heavy atom. The molecule has 4 heteroatoms. The molecule has 0 aliphatic rings. The molecule has 0 saturated heterocycles. The van der Waals surface area contributed by atoms with Gasteiger partial charge in [-0.15, -0.1) is 0 Å². The summed E-state index contributed by atoms with van der Waals surface area (Å²) in [5, 5.41) is 12.2. The molecule has 0 radical (unpaired) electrons. The highest BCUT2D eigenvalue weighted by molar-refractivity contribution is 5.77. The first-order chi connectivity index (χ1) is 6.66. The van der Waals surface area contributed by atoms with Gasteiger partial charge in [0.25, 0.3) is 0 Å². The van der Waals surface area contributed by atoms with Gasteiger partial charge < -0.3 is 16.2 Å². The van der Waals surface area contributed by atoms with Crippen LogP contribution in [0.25, 0.3) is 0 Å². The van der Waals surface area contributed by atoms with E-state index >= 15 is 0 Å². The van der Waals surface area contributed by atoms with Crippen LogP contribution in [0.15, 0.2) is 0 Å². The van der Waals surface area contributed by atoms with Crippen molar-refractivity contribution in [3.63, 3.8) is 0 Å². The minimum absolute atomic E-state index is 0.109. The van der Waals surface area contributed by atoms with E-state index < -0.39 is 11.6 Å². The lowest BCUT2D eigenvalue weighted by molar-refractivity contribution is -0.124. The third-order valence-electron chi connectivity index (χ3n) is 2.78. The molecule has 0 aliphatic heterocycles. The molecule has 0 spiro atoms. The Labute approximate surface area is 92.2 Å². The van der Waals surface area contributed by atoms with Gasteiger partial charge in [-0.1, -0.05) is 13.8 Å². The first-order valence-corrected chi connectivity index (χ1v) is 5.41. The molecule has 2 atom stereocenters. The summed E-state index contributed by atoms with van der Waals surface area (Å²) in [5.74, 6) is 0.174. The maximum absolute atomic E-state index is 11.6. The lowest BCUT2D eigenvalue weighted by atomic mass is 9.97. The van der Waals surface area contributed by atoms with E-state index in [4.69, 9.17) is 5.73 Å². The fourth-order valence-corrected chi connectivity index (χ4v) is 0.965. The number of aliphatic hydroxyl groups excluding tert-OH is 1. The van der Waals surface area contributed by atoms with E-state index in [1.807, 2.05) is 13.8 Å². The van der Waals surface area contributed by atoms with Crippen molar-refractivity contribution in [3.05, 3.63) is 0 Å². The molecule has 0 aliphatic carbocycles. The first kappa shape index (κ1) is 14.4. The molecule has 0 saturated carbocycles. The lowest BCUT2D eigenvalue weighted by Crippen LogP contribution is -2.52. The summed E-state index contributed by atoms with van der Waals surface area (Å²) in [6.45, 7) is 9.20. The second-order valence-electron chi connectivity index (χ2n) is 5.06. The topological polar surface area (TPSA) is 75.4 Å². The molecule has 4 N–H and O–H groups in total. The Hall–Kier alpha value is -0.610. The fraction of sp³-hybridized carbons (Fsp3) is 0.909. The zero-order valence-corrected chi connectivity index (χ0v) is 10.4. The third-order valence-corrected chi connectivity index (χ3v) is 2.78. The number of carbonyl (C=O) groups excluding carboxylic acids is 1. The molecule has 15 heavy (non-hydrogen) atoms. The minimum Gasteiger partial charge on any atom is -0.391 e. The number of rotatable bonds is 5. The third kappa shape index (κ3) is 5.14. The van der Waals surface area contributed by atoms with E-state index in [-0.39, 0.29) is 17.9 Å². The quantitative estimate of drug-likeness (QED) is 0.631. The van der Waals surface area contributed by atoms with E-state index in [0.717, 1.165) is 0 Å². The van der Waals surface area contributed by atoms with Crippen LogP contribution >= 0.6 is 0 Å². The van der Waals surface area contributed by atoms with E-state index in [0.29, 0.717) is 6.42 Å². The standard InChI is InChI=1S/C11H24N2O2/c1-7(2)9(12)6-10(15)13-11(4,5)8(3)14/h7-9,14H,6,12H2,1-5H3,(H,13,15). The van der Waals surface area contributed by atoms with Crippen molar-refractivity contribution in [3.8, 4) is 0 Å². The molecule has 0 rings (SSSR count). The Balaban J connectivity index is 4.15. The van der Waals surface area contributed by atoms with Crippen molar-refractivity contribution in [2.75, 3.05) is 0 Å². The Morgan fingerprint density at radius 1 is 1.40 bits per heavy atom. The van der Waals surface area contributed by atoms with E-state index in [1.165, 1.54) is 0 Å². The lowest BCUT2D eigenvalue weighted by Gasteiger charge is -2.30. The molecule has 0 aromatic rings. The van der Waals surface area contributed by atoms with Crippen LogP contribution in [0, 0.1) is 5.92 Å². The maximum Gasteiger partial charge on any atom is 0.222 e. The number of carbonyl (C=O) groups is 1. The van der Waals surface area contributed by atoms with Crippen LogP contribution in [0.5, 0.6) is 0 Å². The van der Waals surface area contributed by atoms with Crippen LogP contribution in [0.2, 0.25) is 0 Å². The van der Waals surface area contributed by atoms with Gasteiger partial charge in [0.1, 0.15) is 0 Å². The van der Waals surface area contributed by atoms with E-state index in [2.05, 4.69) is 5.32 Å². The van der Waals surface area contributed by atoms with Gasteiger partial charge in [0.2, 0.25) is 5.91 Å². The van der Waals surface area contributed by atoms with Crippen LogP contribution in [0.4, 0.5) is 0 Å². The summed E-state index contributed by atoms with van der Waals surface area (Å²) < 4.78 is 0. The number of amides is 1. The second-order valence-corrected chi connectivity index (χ2v) is 5.06. The Kier molecular flexibility index (Phi) is 5.24. The number of nitrogens with one attached hydrogen (secondary N) is 1. The molecule has 0 heterocycles. The number of aliphatic hydroxyl groups is 1. The van der Waals surface area contributed by atoms with Crippen molar-refractivity contribution >= 4 is 5.91 Å². The van der Waals surface area contributed by atoms with E-state index in [1.54, 1.807) is 20.8 Å². The second kappa shape index (κ2) is 5.47. The van der Waals surface area contributed by atoms with Crippen LogP contribution in [-0.4, -0.2) is 28.7 Å². The fourth-order valence-electron chi connectivity index (χ4n) is 0.965. The van der Waals surface area contributed by atoms with Gasteiger partial charge in [0, 0.05) is 12.5 Å². The van der Waals surface area contributed by atoms with Gasteiger partial charge in [-0.2, -0.15) is 0 Å². The summed E-state index contributed by atoms with van der Waals surface area (Å²) in [6, 6.07) is -0.130. The average molecular weight is 216 g/mol. The molecule has 0 aromatic carbocycles. The normalized spacial score (nSPS) is 16.3. The van der Waals surface area contributed by atoms with Crippen LogP contribution in [0.1, 0.15) is 41.0 Å². The predicted octanol–water partition coefficient (Wildman–Crippen LogP) is 0.635. The SMILES string of the molecule is CC(C)C(N)CC(=O)NC(C)(C)C(C)O. The van der Waals surface area contributed by atoms with Crippen LogP contribution in [-0.2, 0) is 4.79 Å². The highest BCUT2D eigenvalue weighted by atomic mass is 16.3. The van der Waals surface area contributed by atoms with Gasteiger partial charge in [-0.3, -0.25) is 4.79 Å². The number of hydrogen-bond acceptors (Lipinski definition) is 3. The smallest absolute Gasteiger partial charge is 0.222 e. The van der Waals surface area contributed by atoms with Crippen molar-refractivity contribution in [2.45, 2.75) is 58.7 Å². The number of hydrogen-bond donors (Lipinski definition) is 3. The van der Waals surface area contributed by atoms with Crippen LogP contribution in [0.3, 0.4) is 0 Å². The van der Waals surface area contributed by atoms with Gasteiger partial charge >= 0.3 is 0 Å². The molecule has 0 aromatic heterocycles. The average Bonchev–Trinajstić information content (AvgIpc) is 2.01. The highest BCUT2D eigenvalue weighted by Crippen LogP contribution is 2.10. The van der Waals surface area contributed by atoms with Crippen molar-refractivity contribution in [1.29, 1.82) is 0 Å². The van der Waals surface area contributed by atoms with Crippen molar-refractivity contribution < 1.29 is 9.90 Å². The summed E-state index contributed by atoms with van der Waals surface area (Å²) in [5.41, 5.74) is 5.19. The Bertz CT molecular complexity index is 213. The van der Waals surface area contributed by atoms with Crippen LogP contribution < -0.4 is 11.1 Å².